The summed E-state index contributed by atoms with van der Waals surface area (Å²) in [4.78, 5) is 15.7. The predicted octanol–water partition coefficient (Wildman–Crippen LogP) is 2.67. The molecule has 0 saturated carbocycles. The third kappa shape index (κ3) is 4.20. The van der Waals surface area contributed by atoms with Gasteiger partial charge >= 0.3 is 0 Å². The maximum Gasteiger partial charge on any atom is 0.234 e. The first-order chi connectivity index (χ1) is 9.52. The van der Waals surface area contributed by atoms with E-state index in [4.69, 9.17) is 5.73 Å². The molecule has 0 aliphatic carbocycles. The highest BCUT2D eigenvalue weighted by atomic mass is 32.2. The Morgan fingerprint density at radius 2 is 1.95 bits per heavy atom. The van der Waals surface area contributed by atoms with Crippen LogP contribution < -0.4 is 11.1 Å². The number of carbonyl (C=O) groups excluding carboxylic acids is 1. The van der Waals surface area contributed by atoms with Crippen molar-refractivity contribution < 1.29 is 13.6 Å². The Labute approximate surface area is 118 Å². The number of halogens is 2. The number of hydrogen-bond acceptors (Lipinski definition) is 4. The molecule has 1 amide bonds. The fourth-order valence-electron chi connectivity index (χ4n) is 1.44. The van der Waals surface area contributed by atoms with E-state index in [0.29, 0.717) is 10.7 Å². The molecule has 1 aromatic carbocycles. The summed E-state index contributed by atoms with van der Waals surface area (Å²) >= 11 is 1.20. The van der Waals surface area contributed by atoms with Gasteiger partial charge in [0.2, 0.25) is 5.91 Å². The van der Waals surface area contributed by atoms with Crippen molar-refractivity contribution in [2.24, 2.45) is 0 Å². The van der Waals surface area contributed by atoms with Crippen LogP contribution in [0.15, 0.2) is 41.6 Å². The van der Waals surface area contributed by atoms with Crippen LogP contribution in [0, 0.1) is 11.6 Å². The number of aromatic nitrogens is 1. The third-order valence-electron chi connectivity index (χ3n) is 2.26. The molecule has 3 N–H and O–H groups in total. The molecule has 0 aliphatic heterocycles. The van der Waals surface area contributed by atoms with Crippen LogP contribution in [0.3, 0.4) is 0 Å². The van der Waals surface area contributed by atoms with Crippen LogP contribution in [0.4, 0.5) is 20.2 Å². The summed E-state index contributed by atoms with van der Waals surface area (Å²) in [7, 11) is 0. The molecule has 20 heavy (non-hydrogen) atoms. The Kier molecular flexibility index (Phi) is 4.52. The quantitative estimate of drug-likeness (QED) is 0.851. The van der Waals surface area contributed by atoms with Crippen molar-refractivity contribution >= 4 is 29.0 Å². The minimum Gasteiger partial charge on any atom is -0.397 e. The van der Waals surface area contributed by atoms with Gasteiger partial charge in [-0.1, -0.05) is 11.8 Å². The lowest BCUT2D eigenvalue weighted by Crippen LogP contribution is -2.14. The van der Waals surface area contributed by atoms with Crippen molar-refractivity contribution in [1.82, 2.24) is 4.98 Å². The summed E-state index contributed by atoms with van der Waals surface area (Å²) in [6, 6.07) is 6.20. The van der Waals surface area contributed by atoms with Gasteiger partial charge in [0.25, 0.3) is 0 Å². The van der Waals surface area contributed by atoms with E-state index in [1.165, 1.54) is 18.0 Å². The standard InChI is InChI=1S/C13H11F2N3OS/c14-8-3-9(15)5-11(4-8)18-12(19)7-20-13-2-1-10(16)6-17-13/h1-6H,7,16H2,(H,18,19). The van der Waals surface area contributed by atoms with Gasteiger partial charge in [-0.15, -0.1) is 0 Å². The van der Waals surface area contributed by atoms with Gasteiger partial charge in [0.1, 0.15) is 11.6 Å². The highest BCUT2D eigenvalue weighted by Gasteiger charge is 2.06. The number of nitrogens with one attached hydrogen (secondary N) is 1. The summed E-state index contributed by atoms with van der Waals surface area (Å²) < 4.78 is 25.9. The number of anilines is 2. The van der Waals surface area contributed by atoms with E-state index in [2.05, 4.69) is 10.3 Å². The predicted molar refractivity (Wildman–Crippen MR) is 74.4 cm³/mol. The van der Waals surface area contributed by atoms with Crippen LogP contribution in [0.25, 0.3) is 0 Å². The van der Waals surface area contributed by atoms with Gasteiger partial charge in [-0.3, -0.25) is 4.79 Å². The van der Waals surface area contributed by atoms with Crippen molar-refractivity contribution in [2.75, 3.05) is 16.8 Å². The fraction of sp³-hybridized carbons (Fsp3) is 0.0769. The highest BCUT2D eigenvalue weighted by Crippen LogP contribution is 2.17. The topological polar surface area (TPSA) is 68.0 Å². The molecule has 104 valence electrons. The molecular weight excluding hydrogens is 284 g/mol. The van der Waals surface area contributed by atoms with E-state index in [1.807, 2.05) is 0 Å². The van der Waals surface area contributed by atoms with Gasteiger partial charge in [0.15, 0.2) is 0 Å². The molecule has 0 unspecified atom stereocenters. The van der Waals surface area contributed by atoms with E-state index in [-0.39, 0.29) is 17.3 Å². The van der Waals surface area contributed by atoms with Crippen molar-refractivity contribution in [3.05, 3.63) is 48.2 Å². The number of thioether (sulfide) groups is 1. The molecule has 0 radical (unpaired) electrons. The van der Waals surface area contributed by atoms with E-state index in [1.54, 1.807) is 12.1 Å². The number of carbonyl (C=O) groups is 1. The van der Waals surface area contributed by atoms with E-state index in [0.717, 1.165) is 18.2 Å². The zero-order valence-corrected chi connectivity index (χ0v) is 11.1. The average Bonchev–Trinajstić information content (AvgIpc) is 2.37. The van der Waals surface area contributed by atoms with Gasteiger partial charge in [-0.25, -0.2) is 13.8 Å². The smallest absolute Gasteiger partial charge is 0.234 e. The summed E-state index contributed by atoms with van der Waals surface area (Å²) in [6.07, 6.45) is 1.49. The maximum atomic E-state index is 12.9. The molecule has 0 aliphatic rings. The minimum absolute atomic E-state index is 0.0784. The Bertz CT molecular complexity index is 599. The summed E-state index contributed by atoms with van der Waals surface area (Å²) in [6.45, 7) is 0. The number of hydrogen-bond donors (Lipinski definition) is 2. The number of benzene rings is 1. The molecule has 4 nitrogen and oxygen atoms in total. The number of rotatable bonds is 4. The van der Waals surface area contributed by atoms with E-state index >= 15 is 0 Å². The molecular formula is C13H11F2N3OS. The molecule has 2 rings (SSSR count). The van der Waals surface area contributed by atoms with Crippen LogP contribution in [0.1, 0.15) is 0 Å². The van der Waals surface area contributed by atoms with Crippen LogP contribution in [-0.2, 0) is 4.79 Å². The fourth-order valence-corrected chi connectivity index (χ4v) is 2.08. The van der Waals surface area contributed by atoms with Crippen LogP contribution in [0.2, 0.25) is 0 Å². The van der Waals surface area contributed by atoms with E-state index in [9.17, 15) is 13.6 Å². The second kappa shape index (κ2) is 6.33. The molecule has 7 heteroatoms. The monoisotopic (exact) mass is 295 g/mol. The normalized spacial score (nSPS) is 10.3. The van der Waals surface area contributed by atoms with Crippen molar-refractivity contribution in [1.29, 1.82) is 0 Å². The second-order valence-electron chi connectivity index (χ2n) is 3.92. The highest BCUT2D eigenvalue weighted by molar-refractivity contribution is 7.99. The summed E-state index contributed by atoms with van der Waals surface area (Å²) in [5.41, 5.74) is 6.11. The van der Waals surface area contributed by atoms with Crippen molar-refractivity contribution in [3.63, 3.8) is 0 Å². The molecule has 0 saturated heterocycles. The number of nitrogens with two attached hydrogens (primary N) is 1. The summed E-state index contributed by atoms with van der Waals surface area (Å²) in [5.74, 6) is -1.78. The number of nitrogens with zero attached hydrogens (tertiary/aromatic N) is 1. The molecule has 1 heterocycles. The van der Waals surface area contributed by atoms with E-state index < -0.39 is 11.6 Å². The lowest BCUT2D eigenvalue weighted by atomic mass is 10.3. The Hall–Kier alpha value is -2.15. The molecule has 0 fully saturated rings. The van der Waals surface area contributed by atoms with Crippen molar-refractivity contribution in [2.45, 2.75) is 5.03 Å². The van der Waals surface area contributed by atoms with Gasteiger partial charge in [-0.2, -0.15) is 0 Å². The van der Waals surface area contributed by atoms with Gasteiger partial charge in [0.05, 0.1) is 22.7 Å². The molecule has 0 bridgehead atoms. The van der Waals surface area contributed by atoms with Crippen LogP contribution in [-0.4, -0.2) is 16.6 Å². The zero-order valence-electron chi connectivity index (χ0n) is 10.3. The Morgan fingerprint density at radius 3 is 2.55 bits per heavy atom. The first kappa shape index (κ1) is 14.3. The first-order valence-corrected chi connectivity index (χ1v) is 6.62. The van der Waals surface area contributed by atoms with Gasteiger partial charge in [0, 0.05) is 11.8 Å². The number of amides is 1. The largest absolute Gasteiger partial charge is 0.397 e. The minimum atomic E-state index is -0.742. The molecule has 0 atom stereocenters. The molecule has 2 aromatic rings. The molecule has 1 aromatic heterocycles. The lowest BCUT2D eigenvalue weighted by Gasteiger charge is -2.05. The summed E-state index contributed by atoms with van der Waals surface area (Å²) in [5, 5.41) is 3.05. The van der Waals surface area contributed by atoms with Crippen molar-refractivity contribution in [3.8, 4) is 0 Å². The second-order valence-corrected chi connectivity index (χ2v) is 4.92. The maximum absolute atomic E-state index is 12.9. The SMILES string of the molecule is Nc1ccc(SCC(=O)Nc2cc(F)cc(F)c2)nc1. The first-order valence-electron chi connectivity index (χ1n) is 5.63. The third-order valence-corrected chi connectivity index (χ3v) is 3.20. The molecule has 0 spiro atoms. The lowest BCUT2D eigenvalue weighted by molar-refractivity contribution is -0.113. The Balaban J connectivity index is 1.90. The van der Waals surface area contributed by atoms with Gasteiger partial charge < -0.3 is 11.1 Å². The van der Waals surface area contributed by atoms with Crippen LogP contribution >= 0.6 is 11.8 Å². The van der Waals surface area contributed by atoms with Crippen LogP contribution in [0.5, 0.6) is 0 Å². The number of pyridine rings is 1. The average molecular weight is 295 g/mol. The van der Waals surface area contributed by atoms with Gasteiger partial charge in [-0.05, 0) is 24.3 Å². The Morgan fingerprint density at radius 1 is 1.25 bits per heavy atom. The zero-order chi connectivity index (χ0) is 14.5. The number of nitrogen functional groups attached to an aromatic ring is 1.